The van der Waals surface area contributed by atoms with Gasteiger partial charge in [-0.05, 0) is 38.0 Å². The number of aryl methyl sites for hydroxylation is 1. The van der Waals surface area contributed by atoms with Gasteiger partial charge in [-0.1, -0.05) is 61.9 Å². The zero-order chi connectivity index (χ0) is 20.1. The molecule has 1 heterocycles. The zero-order valence-electron chi connectivity index (χ0n) is 16.5. The Bertz CT molecular complexity index is 962. The van der Waals surface area contributed by atoms with Crippen molar-refractivity contribution in [3.8, 4) is 5.69 Å². The number of benzene rings is 2. The summed E-state index contributed by atoms with van der Waals surface area (Å²) in [5.41, 5.74) is 3.43. The van der Waals surface area contributed by atoms with Crippen molar-refractivity contribution < 1.29 is 9.59 Å². The second-order valence-corrected chi connectivity index (χ2v) is 6.85. The van der Waals surface area contributed by atoms with Crippen LogP contribution in [0.4, 0.5) is 0 Å². The standard InChI is InChI=1S/C23H25N3O2/c1-4-11-20(18-12-7-5-8-13-18)24-23(28)22(27)21-16(2)25-26(17(21)3)19-14-9-6-10-15-19/h5-10,12-15,20H,4,11H2,1-3H3,(H,24,28)/t20-/m1/s1. The number of rotatable bonds is 7. The second kappa shape index (κ2) is 8.65. The Labute approximate surface area is 165 Å². The van der Waals surface area contributed by atoms with Crippen LogP contribution in [0.15, 0.2) is 60.7 Å². The second-order valence-electron chi connectivity index (χ2n) is 6.85. The summed E-state index contributed by atoms with van der Waals surface area (Å²) in [5, 5.41) is 7.38. The molecule has 144 valence electrons. The molecular weight excluding hydrogens is 350 g/mol. The van der Waals surface area contributed by atoms with E-state index < -0.39 is 11.7 Å². The lowest BCUT2D eigenvalue weighted by atomic mass is 10.0. The third kappa shape index (κ3) is 4.03. The smallest absolute Gasteiger partial charge is 0.293 e. The molecule has 3 rings (SSSR count). The highest BCUT2D eigenvalue weighted by molar-refractivity contribution is 6.43. The molecule has 0 spiro atoms. The van der Waals surface area contributed by atoms with E-state index in [-0.39, 0.29) is 6.04 Å². The quantitative estimate of drug-likeness (QED) is 0.494. The molecule has 0 aliphatic carbocycles. The van der Waals surface area contributed by atoms with E-state index in [1.54, 1.807) is 11.6 Å². The molecule has 1 amide bonds. The van der Waals surface area contributed by atoms with Crippen molar-refractivity contribution in [1.82, 2.24) is 15.1 Å². The Morgan fingerprint density at radius 1 is 1.00 bits per heavy atom. The number of nitrogens with zero attached hydrogens (tertiary/aromatic N) is 2. The van der Waals surface area contributed by atoms with Crippen molar-refractivity contribution in [3.05, 3.63) is 83.2 Å². The highest BCUT2D eigenvalue weighted by Gasteiger charge is 2.27. The van der Waals surface area contributed by atoms with Crippen LogP contribution in [-0.4, -0.2) is 21.5 Å². The number of Topliss-reactive ketones (excluding diaryl/α,β-unsaturated/α-hetero) is 1. The van der Waals surface area contributed by atoms with Crippen LogP contribution in [0, 0.1) is 13.8 Å². The van der Waals surface area contributed by atoms with Gasteiger partial charge < -0.3 is 5.32 Å². The Morgan fingerprint density at radius 2 is 1.61 bits per heavy atom. The molecule has 5 nitrogen and oxygen atoms in total. The van der Waals surface area contributed by atoms with Crippen molar-refractivity contribution >= 4 is 11.7 Å². The van der Waals surface area contributed by atoms with Crippen LogP contribution < -0.4 is 5.32 Å². The van der Waals surface area contributed by atoms with Crippen molar-refractivity contribution in [1.29, 1.82) is 0 Å². The van der Waals surface area contributed by atoms with E-state index in [1.807, 2.05) is 67.6 Å². The summed E-state index contributed by atoms with van der Waals surface area (Å²) in [5.74, 6) is -1.14. The van der Waals surface area contributed by atoms with Gasteiger partial charge in [-0.25, -0.2) is 4.68 Å². The predicted molar refractivity (Wildman–Crippen MR) is 110 cm³/mol. The highest BCUT2D eigenvalue weighted by atomic mass is 16.2. The molecule has 28 heavy (non-hydrogen) atoms. The number of ketones is 1. The van der Waals surface area contributed by atoms with E-state index in [9.17, 15) is 9.59 Å². The zero-order valence-corrected chi connectivity index (χ0v) is 16.5. The van der Waals surface area contributed by atoms with Crippen LogP contribution in [0.1, 0.15) is 53.1 Å². The Hall–Kier alpha value is -3.21. The highest BCUT2D eigenvalue weighted by Crippen LogP contribution is 2.21. The van der Waals surface area contributed by atoms with Gasteiger partial charge in [-0.15, -0.1) is 0 Å². The molecule has 3 aromatic rings. The van der Waals surface area contributed by atoms with E-state index >= 15 is 0 Å². The molecule has 0 fully saturated rings. The van der Waals surface area contributed by atoms with Crippen molar-refractivity contribution in [2.24, 2.45) is 0 Å². The van der Waals surface area contributed by atoms with Crippen LogP contribution >= 0.6 is 0 Å². The lowest BCUT2D eigenvalue weighted by molar-refractivity contribution is -0.117. The molecule has 0 aliphatic heterocycles. The monoisotopic (exact) mass is 375 g/mol. The lowest BCUT2D eigenvalue weighted by Gasteiger charge is -2.18. The van der Waals surface area contributed by atoms with E-state index in [0.717, 1.165) is 24.1 Å². The van der Waals surface area contributed by atoms with E-state index in [2.05, 4.69) is 17.3 Å². The number of carbonyl (C=O) groups excluding carboxylic acids is 2. The number of carbonyl (C=O) groups is 2. The topological polar surface area (TPSA) is 64.0 Å². The Kier molecular flexibility index (Phi) is 6.04. The van der Waals surface area contributed by atoms with E-state index in [4.69, 9.17) is 0 Å². The largest absolute Gasteiger partial charge is 0.342 e. The maximum atomic E-state index is 12.9. The van der Waals surface area contributed by atoms with E-state index in [1.165, 1.54) is 0 Å². The minimum atomic E-state index is -0.596. The Balaban J connectivity index is 1.85. The van der Waals surface area contributed by atoms with Crippen molar-refractivity contribution in [2.75, 3.05) is 0 Å². The van der Waals surface area contributed by atoms with Crippen LogP contribution in [0.3, 0.4) is 0 Å². The molecular formula is C23H25N3O2. The van der Waals surface area contributed by atoms with Crippen LogP contribution in [0.25, 0.3) is 5.69 Å². The normalized spacial score (nSPS) is 11.8. The molecule has 0 saturated carbocycles. The van der Waals surface area contributed by atoms with Gasteiger partial charge in [0.1, 0.15) is 0 Å². The molecule has 0 unspecified atom stereocenters. The van der Waals surface area contributed by atoms with Crippen molar-refractivity contribution in [2.45, 2.75) is 39.7 Å². The average Bonchev–Trinajstić information content (AvgIpc) is 3.02. The third-order valence-electron chi connectivity index (χ3n) is 4.81. The van der Waals surface area contributed by atoms with E-state index in [0.29, 0.717) is 17.0 Å². The van der Waals surface area contributed by atoms with Gasteiger partial charge in [0.05, 0.1) is 28.7 Å². The molecule has 0 bridgehead atoms. The molecule has 5 heteroatoms. The minimum Gasteiger partial charge on any atom is -0.342 e. The third-order valence-corrected chi connectivity index (χ3v) is 4.81. The van der Waals surface area contributed by atoms with Gasteiger partial charge in [-0.3, -0.25) is 9.59 Å². The summed E-state index contributed by atoms with van der Waals surface area (Å²) in [7, 11) is 0. The van der Waals surface area contributed by atoms with Gasteiger partial charge in [0.25, 0.3) is 11.7 Å². The summed E-state index contributed by atoms with van der Waals surface area (Å²) in [4.78, 5) is 25.7. The molecule has 1 aromatic heterocycles. The molecule has 0 aliphatic rings. The fourth-order valence-corrected chi connectivity index (χ4v) is 3.43. The molecule has 0 saturated heterocycles. The molecule has 1 atom stereocenters. The van der Waals surface area contributed by atoms with Gasteiger partial charge in [0.2, 0.25) is 0 Å². The number of nitrogens with one attached hydrogen (secondary N) is 1. The predicted octanol–water partition coefficient (Wildman–Crippen LogP) is 4.33. The molecule has 1 N–H and O–H groups in total. The first-order chi connectivity index (χ1) is 13.5. The fraction of sp³-hybridized carbons (Fsp3) is 0.261. The lowest BCUT2D eigenvalue weighted by Crippen LogP contribution is -2.35. The molecule has 2 aromatic carbocycles. The van der Waals surface area contributed by atoms with Gasteiger partial charge in [-0.2, -0.15) is 5.10 Å². The first kappa shape index (κ1) is 19.5. The van der Waals surface area contributed by atoms with Crippen molar-refractivity contribution in [3.63, 3.8) is 0 Å². The summed E-state index contributed by atoms with van der Waals surface area (Å²) < 4.78 is 1.70. The summed E-state index contributed by atoms with van der Waals surface area (Å²) >= 11 is 0. The summed E-state index contributed by atoms with van der Waals surface area (Å²) in [6, 6.07) is 19.1. The average molecular weight is 375 g/mol. The minimum absolute atomic E-state index is 0.188. The first-order valence-electron chi connectivity index (χ1n) is 9.54. The maximum Gasteiger partial charge on any atom is 0.293 e. The van der Waals surface area contributed by atoms with Gasteiger partial charge in [0.15, 0.2) is 0 Å². The first-order valence-corrected chi connectivity index (χ1v) is 9.54. The number of hydrogen-bond donors (Lipinski definition) is 1. The van der Waals surface area contributed by atoms with Crippen LogP contribution in [0.5, 0.6) is 0 Å². The number of amides is 1. The van der Waals surface area contributed by atoms with Crippen LogP contribution in [0.2, 0.25) is 0 Å². The van der Waals surface area contributed by atoms with Crippen LogP contribution in [-0.2, 0) is 4.79 Å². The Morgan fingerprint density at radius 3 is 2.21 bits per heavy atom. The molecule has 0 radical (unpaired) electrons. The maximum absolute atomic E-state index is 12.9. The number of hydrogen-bond acceptors (Lipinski definition) is 3. The van der Waals surface area contributed by atoms with Gasteiger partial charge in [0, 0.05) is 0 Å². The SMILES string of the molecule is CCC[C@@H](NC(=O)C(=O)c1c(C)nn(-c2ccccc2)c1C)c1ccccc1. The number of para-hydroxylation sites is 1. The number of aromatic nitrogens is 2. The van der Waals surface area contributed by atoms with Gasteiger partial charge >= 0.3 is 0 Å². The summed E-state index contributed by atoms with van der Waals surface area (Å²) in [6.45, 7) is 5.63. The fourth-order valence-electron chi connectivity index (χ4n) is 3.43. The summed E-state index contributed by atoms with van der Waals surface area (Å²) in [6.07, 6.45) is 1.67.